The number of nitrogens with one attached hydrogen (secondary N) is 1. The third kappa shape index (κ3) is 1.33. The molecule has 1 N–H and O–H groups in total. The number of hydrogen-bond donors (Lipinski definition) is 1. The van der Waals surface area contributed by atoms with Crippen molar-refractivity contribution in [1.82, 2.24) is 15.1 Å². The quantitative estimate of drug-likeness (QED) is 0.765. The first-order valence-corrected chi connectivity index (χ1v) is 4.61. The fourth-order valence-corrected chi connectivity index (χ4v) is 1.86. The van der Waals surface area contributed by atoms with Crippen molar-refractivity contribution < 1.29 is 9.53 Å². The predicted molar refractivity (Wildman–Crippen MR) is 50.2 cm³/mol. The molecular formula is C8H10ClN3O2. The molecule has 1 saturated heterocycles. The van der Waals surface area contributed by atoms with E-state index in [2.05, 4.69) is 10.4 Å². The van der Waals surface area contributed by atoms with Gasteiger partial charge < -0.3 is 10.1 Å². The number of carbonyl (C=O) groups excluding carboxylic acids is 1. The lowest BCUT2D eigenvalue weighted by Gasteiger charge is -2.06. The molecule has 0 aliphatic carbocycles. The summed E-state index contributed by atoms with van der Waals surface area (Å²) in [4.78, 5) is 10.9. The molecule has 1 fully saturated rings. The summed E-state index contributed by atoms with van der Waals surface area (Å²) in [5.41, 5.74) is 1.58. The van der Waals surface area contributed by atoms with Crippen LogP contribution in [0.5, 0.6) is 0 Å². The lowest BCUT2D eigenvalue weighted by molar-refractivity contribution is 0.141. The molecule has 1 amide bonds. The van der Waals surface area contributed by atoms with Crippen molar-refractivity contribution in [3.8, 4) is 0 Å². The van der Waals surface area contributed by atoms with Crippen LogP contribution in [0, 0.1) is 6.92 Å². The average molecular weight is 216 g/mol. The van der Waals surface area contributed by atoms with E-state index in [0.29, 0.717) is 11.7 Å². The minimum Gasteiger partial charge on any atom is -0.439 e. The second-order valence-electron chi connectivity index (χ2n) is 3.19. The fourth-order valence-electron chi connectivity index (χ4n) is 1.56. The lowest BCUT2D eigenvalue weighted by atomic mass is 10.1. The zero-order valence-electron chi connectivity index (χ0n) is 7.87. The number of aryl methyl sites for hydroxylation is 2. The monoisotopic (exact) mass is 215 g/mol. The van der Waals surface area contributed by atoms with Crippen LogP contribution < -0.4 is 5.32 Å². The Kier molecular flexibility index (Phi) is 2.11. The van der Waals surface area contributed by atoms with Crippen LogP contribution in [0.25, 0.3) is 0 Å². The predicted octanol–water partition coefficient (Wildman–Crippen LogP) is 1.16. The summed E-state index contributed by atoms with van der Waals surface area (Å²) in [7, 11) is 1.75. The van der Waals surface area contributed by atoms with Gasteiger partial charge >= 0.3 is 6.09 Å². The molecule has 1 aromatic heterocycles. The van der Waals surface area contributed by atoms with Gasteiger partial charge in [0.25, 0.3) is 0 Å². The molecule has 0 saturated carbocycles. The Labute approximate surface area is 86.0 Å². The molecule has 5 nitrogen and oxygen atoms in total. The number of cyclic esters (lactones) is 1. The molecule has 6 heteroatoms. The Balaban J connectivity index is 2.36. The molecule has 0 radical (unpaired) electrons. The van der Waals surface area contributed by atoms with Crippen molar-refractivity contribution in [2.45, 2.75) is 13.0 Å². The Bertz CT molecular complexity index is 388. The van der Waals surface area contributed by atoms with Crippen LogP contribution in [0.2, 0.25) is 5.15 Å². The van der Waals surface area contributed by atoms with Crippen molar-refractivity contribution in [1.29, 1.82) is 0 Å². The maximum atomic E-state index is 10.9. The van der Waals surface area contributed by atoms with Crippen LogP contribution >= 0.6 is 11.6 Å². The molecule has 1 aliphatic rings. The standard InChI is InChI=1S/C8H10ClN3O2/c1-4-6(7(9)12(2)11-4)5-3-10-8(13)14-5/h5H,3H2,1-2H3,(H,10,13). The number of ether oxygens (including phenoxy) is 1. The van der Waals surface area contributed by atoms with Gasteiger partial charge in [-0.2, -0.15) is 5.10 Å². The number of nitrogens with zero attached hydrogens (tertiary/aromatic N) is 2. The van der Waals surface area contributed by atoms with Crippen LogP contribution in [0.15, 0.2) is 0 Å². The molecule has 0 spiro atoms. The molecule has 1 atom stereocenters. The molecule has 1 aromatic rings. The lowest BCUT2D eigenvalue weighted by Crippen LogP contribution is -2.12. The van der Waals surface area contributed by atoms with Crippen LogP contribution in [-0.4, -0.2) is 22.4 Å². The summed E-state index contributed by atoms with van der Waals surface area (Å²) in [6, 6.07) is 0. The number of carbonyl (C=O) groups is 1. The molecule has 0 bridgehead atoms. The summed E-state index contributed by atoms with van der Waals surface area (Å²) in [5, 5.41) is 7.24. The first kappa shape index (κ1) is 9.33. The SMILES string of the molecule is Cc1nn(C)c(Cl)c1C1CNC(=O)O1. The van der Waals surface area contributed by atoms with Gasteiger partial charge in [-0.25, -0.2) is 4.79 Å². The Morgan fingerprint density at radius 1 is 1.71 bits per heavy atom. The number of amides is 1. The molecule has 14 heavy (non-hydrogen) atoms. The first-order chi connectivity index (χ1) is 6.59. The molecule has 1 aliphatic heterocycles. The second kappa shape index (κ2) is 3.16. The number of rotatable bonds is 1. The minimum absolute atomic E-state index is 0.316. The van der Waals surface area contributed by atoms with Crippen molar-refractivity contribution >= 4 is 17.7 Å². The smallest absolute Gasteiger partial charge is 0.407 e. The van der Waals surface area contributed by atoms with Crippen molar-refractivity contribution in [2.24, 2.45) is 7.05 Å². The topological polar surface area (TPSA) is 56.2 Å². The van der Waals surface area contributed by atoms with Gasteiger partial charge in [0.15, 0.2) is 6.10 Å². The van der Waals surface area contributed by atoms with Crippen LogP contribution in [0.3, 0.4) is 0 Å². The van der Waals surface area contributed by atoms with Crippen molar-refractivity contribution in [2.75, 3.05) is 6.54 Å². The average Bonchev–Trinajstić information content (AvgIpc) is 2.60. The van der Waals surface area contributed by atoms with E-state index in [-0.39, 0.29) is 6.10 Å². The minimum atomic E-state index is -0.408. The highest BCUT2D eigenvalue weighted by molar-refractivity contribution is 6.30. The number of aromatic nitrogens is 2. The van der Waals surface area contributed by atoms with Gasteiger partial charge in [-0.1, -0.05) is 11.6 Å². The van der Waals surface area contributed by atoms with Gasteiger partial charge in [-0.15, -0.1) is 0 Å². The van der Waals surface area contributed by atoms with Gasteiger partial charge in [0.05, 0.1) is 17.8 Å². The van der Waals surface area contributed by atoms with E-state index < -0.39 is 6.09 Å². The maximum Gasteiger partial charge on any atom is 0.407 e. The maximum absolute atomic E-state index is 10.9. The van der Waals surface area contributed by atoms with E-state index >= 15 is 0 Å². The largest absolute Gasteiger partial charge is 0.439 e. The highest BCUT2D eigenvalue weighted by Crippen LogP contribution is 2.29. The van der Waals surface area contributed by atoms with Crippen LogP contribution in [0.4, 0.5) is 4.79 Å². The molecular weight excluding hydrogens is 206 g/mol. The van der Waals surface area contributed by atoms with Crippen LogP contribution in [-0.2, 0) is 11.8 Å². The van der Waals surface area contributed by atoms with Gasteiger partial charge in [0.2, 0.25) is 0 Å². The third-order valence-electron chi connectivity index (χ3n) is 2.20. The van der Waals surface area contributed by atoms with Crippen molar-refractivity contribution in [3.05, 3.63) is 16.4 Å². The second-order valence-corrected chi connectivity index (χ2v) is 3.55. The Hall–Kier alpha value is -1.23. The van der Waals surface area contributed by atoms with Crippen LogP contribution in [0.1, 0.15) is 17.4 Å². The van der Waals surface area contributed by atoms with Gasteiger partial charge in [0.1, 0.15) is 5.15 Å². The summed E-state index contributed by atoms with van der Waals surface area (Å²) in [6.07, 6.45) is -0.724. The molecule has 2 rings (SSSR count). The van der Waals surface area contributed by atoms with Crippen molar-refractivity contribution in [3.63, 3.8) is 0 Å². The summed E-state index contributed by atoms with van der Waals surface area (Å²) in [6.45, 7) is 2.29. The summed E-state index contributed by atoms with van der Waals surface area (Å²) < 4.78 is 6.60. The van der Waals surface area contributed by atoms with E-state index in [0.717, 1.165) is 11.3 Å². The van der Waals surface area contributed by atoms with E-state index in [1.54, 1.807) is 11.7 Å². The van der Waals surface area contributed by atoms with E-state index in [4.69, 9.17) is 16.3 Å². The Morgan fingerprint density at radius 2 is 2.43 bits per heavy atom. The number of hydrogen-bond acceptors (Lipinski definition) is 3. The Morgan fingerprint density at radius 3 is 2.86 bits per heavy atom. The number of halogens is 1. The highest BCUT2D eigenvalue weighted by atomic mass is 35.5. The van der Waals surface area contributed by atoms with E-state index in [1.165, 1.54) is 0 Å². The normalized spacial score (nSPS) is 20.8. The summed E-state index contributed by atoms with van der Waals surface area (Å²) >= 11 is 6.02. The molecule has 0 aromatic carbocycles. The van der Waals surface area contributed by atoms with Gasteiger partial charge in [-0.3, -0.25) is 4.68 Å². The van der Waals surface area contributed by atoms with E-state index in [1.807, 2.05) is 6.92 Å². The fraction of sp³-hybridized carbons (Fsp3) is 0.500. The first-order valence-electron chi connectivity index (χ1n) is 4.23. The van der Waals surface area contributed by atoms with Gasteiger partial charge in [-0.05, 0) is 6.92 Å². The highest BCUT2D eigenvalue weighted by Gasteiger charge is 2.29. The molecule has 76 valence electrons. The zero-order valence-corrected chi connectivity index (χ0v) is 8.63. The van der Waals surface area contributed by atoms with Gasteiger partial charge in [0, 0.05) is 7.05 Å². The zero-order chi connectivity index (χ0) is 10.3. The third-order valence-corrected chi connectivity index (χ3v) is 2.65. The van der Waals surface area contributed by atoms with E-state index in [9.17, 15) is 4.79 Å². The summed E-state index contributed by atoms with van der Waals surface area (Å²) in [5.74, 6) is 0. The molecule has 1 unspecified atom stereocenters. The molecule has 2 heterocycles. The number of alkyl carbamates (subject to hydrolysis) is 1.